The van der Waals surface area contributed by atoms with Gasteiger partial charge in [-0.1, -0.05) is 24.6 Å². The van der Waals surface area contributed by atoms with Crippen LogP contribution in [0.5, 0.6) is 5.75 Å². The van der Waals surface area contributed by atoms with Crippen molar-refractivity contribution in [1.29, 1.82) is 0 Å². The third-order valence-electron chi connectivity index (χ3n) is 5.70. The van der Waals surface area contributed by atoms with E-state index in [9.17, 15) is 13.0 Å². The first kappa shape index (κ1) is 24.3. The second-order valence-corrected chi connectivity index (χ2v) is 10.2. The number of benzene rings is 2. The molecule has 34 heavy (non-hydrogen) atoms. The topological polar surface area (TPSA) is 86.7 Å². The van der Waals surface area contributed by atoms with E-state index in [4.69, 9.17) is 20.8 Å². The van der Waals surface area contributed by atoms with Crippen LogP contribution in [0.3, 0.4) is 0 Å². The molecule has 9 heteroatoms. The maximum atomic E-state index is 11.1. The van der Waals surface area contributed by atoms with Crippen LogP contribution in [0.25, 0.3) is 17.2 Å². The molecule has 0 N–H and O–H groups in total. The zero-order valence-electron chi connectivity index (χ0n) is 19.4. The van der Waals surface area contributed by atoms with Crippen LogP contribution >= 0.6 is 11.6 Å². The minimum Gasteiger partial charge on any atom is -0.748 e. The summed E-state index contributed by atoms with van der Waals surface area (Å²) in [7, 11) is -4.28. The number of nitrogens with zero attached hydrogens (tertiary/aromatic N) is 2. The third kappa shape index (κ3) is 5.29. The molecule has 1 aromatic heterocycles. The molecule has 180 valence electrons. The van der Waals surface area contributed by atoms with Gasteiger partial charge in [0.15, 0.2) is 12.3 Å². The van der Waals surface area contributed by atoms with Crippen LogP contribution in [-0.2, 0) is 16.7 Å². The largest absolute Gasteiger partial charge is 0.748 e. The molecule has 0 radical (unpaired) electrons. The highest BCUT2D eigenvalue weighted by molar-refractivity contribution is 7.85. The number of hydrogen-bond donors (Lipinski definition) is 0. The van der Waals surface area contributed by atoms with E-state index in [1.54, 1.807) is 6.07 Å². The summed E-state index contributed by atoms with van der Waals surface area (Å²) in [5, 5.41) is 0.645. The molecule has 7 nitrogen and oxygen atoms in total. The predicted octanol–water partition coefficient (Wildman–Crippen LogP) is 5.17. The Morgan fingerprint density at radius 1 is 1.21 bits per heavy atom. The Bertz CT molecular complexity index is 1390. The fraction of sp³-hybridized carbons (Fsp3) is 0.320. The molecule has 1 aliphatic heterocycles. The normalized spacial score (nSPS) is 15.3. The summed E-state index contributed by atoms with van der Waals surface area (Å²) in [6.45, 7) is 7.13. The number of hydrogen-bond acceptors (Lipinski definition) is 6. The molecule has 0 unspecified atom stereocenters. The molecule has 0 amide bonds. The van der Waals surface area contributed by atoms with Crippen molar-refractivity contribution >= 4 is 44.6 Å². The molecule has 0 bridgehead atoms. The van der Waals surface area contributed by atoms with Gasteiger partial charge in [-0.15, -0.1) is 0 Å². The van der Waals surface area contributed by atoms with Crippen molar-refractivity contribution < 1.29 is 26.7 Å². The van der Waals surface area contributed by atoms with E-state index < -0.39 is 15.9 Å². The number of aryl methyl sites for hydroxylation is 2. The molecular formula is C25H27ClN2O5S. The van der Waals surface area contributed by atoms with Gasteiger partial charge in [0.25, 0.3) is 5.52 Å². The van der Waals surface area contributed by atoms with Crippen LogP contribution in [0, 0.1) is 6.92 Å². The molecule has 0 atom stereocenters. The van der Waals surface area contributed by atoms with Crippen LogP contribution in [0.2, 0.25) is 5.02 Å². The molecule has 2 aromatic carbocycles. The van der Waals surface area contributed by atoms with Crippen LogP contribution in [0.4, 0.5) is 5.69 Å². The maximum absolute atomic E-state index is 11.1. The Balaban J connectivity index is 1.72. The lowest BCUT2D eigenvalue weighted by molar-refractivity contribution is -0.677. The van der Waals surface area contributed by atoms with Gasteiger partial charge in [-0.3, -0.25) is 0 Å². The predicted molar refractivity (Wildman–Crippen MR) is 132 cm³/mol. The zero-order chi connectivity index (χ0) is 24.5. The molecule has 0 aliphatic carbocycles. The second kappa shape index (κ2) is 9.82. The first-order valence-corrected chi connectivity index (χ1v) is 13.2. The monoisotopic (exact) mass is 502 g/mol. The van der Waals surface area contributed by atoms with Gasteiger partial charge in [0.2, 0.25) is 11.5 Å². The number of ether oxygens (including phenoxy) is 1. The molecule has 3 aromatic rings. The number of halogens is 1. The van der Waals surface area contributed by atoms with Gasteiger partial charge in [-0.05, 0) is 55.7 Å². The summed E-state index contributed by atoms with van der Waals surface area (Å²) < 4.78 is 47.5. The molecular weight excluding hydrogens is 476 g/mol. The number of allylic oxidation sites excluding steroid dienone is 2. The molecule has 2 heterocycles. The molecule has 0 saturated heterocycles. The van der Waals surface area contributed by atoms with Crippen LogP contribution < -0.4 is 14.2 Å². The Hall–Kier alpha value is -2.81. The third-order valence-corrected chi connectivity index (χ3v) is 6.72. The van der Waals surface area contributed by atoms with Gasteiger partial charge in [-0.25, -0.2) is 8.42 Å². The number of anilines is 1. The average molecular weight is 503 g/mol. The maximum Gasteiger partial charge on any atom is 0.374 e. The lowest BCUT2D eigenvalue weighted by Crippen LogP contribution is -2.36. The van der Waals surface area contributed by atoms with E-state index in [1.165, 1.54) is 0 Å². The Morgan fingerprint density at radius 2 is 2.00 bits per heavy atom. The van der Waals surface area contributed by atoms with Crippen molar-refractivity contribution in [2.24, 2.45) is 0 Å². The average Bonchev–Trinajstić information content (AvgIpc) is 3.29. The van der Waals surface area contributed by atoms with Crippen LogP contribution in [0.15, 0.2) is 58.3 Å². The highest BCUT2D eigenvalue weighted by atomic mass is 35.5. The van der Waals surface area contributed by atoms with E-state index in [-0.39, 0.29) is 6.42 Å². The number of aromatic nitrogens is 1. The van der Waals surface area contributed by atoms with E-state index in [1.807, 2.05) is 67.8 Å². The summed E-state index contributed by atoms with van der Waals surface area (Å²) in [6.07, 6.45) is 4.82. The van der Waals surface area contributed by atoms with Crippen LogP contribution in [0.1, 0.15) is 38.1 Å². The summed E-state index contributed by atoms with van der Waals surface area (Å²) in [6, 6.07) is 11.4. The lowest BCUT2D eigenvalue weighted by Gasteiger charge is -2.16. The number of oxazole rings is 1. The smallest absolute Gasteiger partial charge is 0.374 e. The first-order chi connectivity index (χ1) is 16.2. The first-order valence-electron chi connectivity index (χ1n) is 11.2. The van der Waals surface area contributed by atoms with E-state index in [2.05, 4.69) is 4.90 Å². The van der Waals surface area contributed by atoms with Crippen molar-refractivity contribution in [3.05, 3.63) is 70.4 Å². The summed E-state index contributed by atoms with van der Waals surface area (Å²) in [4.78, 5) is 2.06. The van der Waals surface area contributed by atoms with Gasteiger partial charge in [-0.2, -0.15) is 4.57 Å². The molecule has 1 aliphatic rings. The van der Waals surface area contributed by atoms with Gasteiger partial charge in [0.1, 0.15) is 0 Å². The number of rotatable bonds is 8. The summed E-state index contributed by atoms with van der Waals surface area (Å²) in [5.41, 5.74) is 4.49. The van der Waals surface area contributed by atoms with Gasteiger partial charge >= 0.3 is 5.89 Å². The summed E-state index contributed by atoms with van der Waals surface area (Å²) >= 11 is 6.19. The SMILES string of the molecule is CCC(=Cc1oc2ccc(C)cc2[n+]1CCCS(=O)(=O)[O-])C=C1Oc2ccc(Cl)cc2N1CC. The van der Waals surface area contributed by atoms with E-state index in [0.29, 0.717) is 41.9 Å². The van der Waals surface area contributed by atoms with Crippen molar-refractivity contribution in [2.45, 2.75) is 40.2 Å². The Labute approximate surface area is 204 Å². The lowest BCUT2D eigenvalue weighted by atomic mass is 10.1. The van der Waals surface area contributed by atoms with E-state index >= 15 is 0 Å². The highest BCUT2D eigenvalue weighted by Crippen LogP contribution is 2.40. The fourth-order valence-electron chi connectivity index (χ4n) is 4.02. The minimum atomic E-state index is -4.28. The molecule has 0 spiro atoms. The van der Waals surface area contributed by atoms with Gasteiger partial charge in [0.05, 0.1) is 21.9 Å². The van der Waals surface area contributed by atoms with Crippen molar-refractivity contribution in [1.82, 2.24) is 0 Å². The van der Waals surface area contributed by atoms with Gasteiger partial charge < -0.3 is 18.6 Å². The van der Waals surface area contributed by atoms with Crippen molar-refractivity contribution in [3.63, 3.8) is 0 Å². The Kier molecular flexibility index (Phi) is 7.02. The fourth-order valence-corrected chi connectivity index (χ4v) is 4.67. The molecule has 0 saturated carbocycles. The van der Waals surface area contributed by atoms with Crippen LogP contribution in [-0.4, -0.2) is 25.3 Å². The minimum absolute atomic E-state index is 0.200. The van der Waals surface area contributed by atoms with Crippen molar-refractivity contribution in [3.8, 4) is 5.75 Å². The van der Waals surface area contributed by atoms with Gasteiger partial charge in [0, 0.05) is 35.9 Å². The Morgan fingerprint density at radius 3 is 2.71 bits per heavy atom. The summed E-state index contributed by atoms with van der Waals surface area (Å²) in [5.74, 6) is 1.61. The second-order valence-electron chi connectivity index (χ2n) is 8.19. The standard InChI is InChI=1S/C25H27ClN2O5S/c1-4-18(14-24-27(5-2)21-16-19(26)8-10-23(21)32-24)15-25-28(11-6-12-34(29,30)31)20-13-17(3)7-9-22(20)33-25/h7-10,13-16H,4-6,11-12H2,1-3H3. The zero-order valence-corrected chi connectivity index (χ0v) is 20.9. The highest BCUT2D eigenvalue weighted by Gasteiger charge is 2.26. The van der Waals surface area contributed by atoms with E-state index in [0.717, 1.165) is 28.1 Å². The molecule has 0 fully saturated rings. The molecule has 4 rings (SSSR count). The number of fused-ring (bicyclic) bond motifs is 2. The van der Waals surface area contributed by atoms with Crippen molar-refractivity contribution in [2.75, 3.05) is 17.2 Å². The quantitative estimate of drug-likeness (QED) is 0.312.